The number of rotatable bonds is 6. The van der Waals surface area contributed by atoms with Crippen molar-refractivity contribution in [3.05, 3.63) is 98.2 Å². The van der Waals surface area contributed by atoms with Crippen LogP contribution in [0.3, 0.4) is 0 Å². The van der Waals surface area contributed by atoms with E-state index in [2.05, 4.69) is 21.2 Å². The zero-order valence-electron chi connectivity index (χ0n) is 18.5. The number of hydrogen-bond acceptors (Lipinski definition) is 4. The molecule has 0 saturated carbocycles. The molecule has 1 aliphatic rings. The molecule has 4 rings (SSSR count). The number of anilines is 1. The minimum Gasteiger partial charge on any atom is -0.494 e. The number of carbonyl (C=O) groups is 3. The molecule has 0 aliphatic carbocycles. The third-order valence-corrected chi connectivity index (χ3v) is 6.26. The van der Waals surface area contributed by atoms with Crippen molar-refractivity contribution in [3.8, 4) is 5.75 Å². The molecule has 6 nitrogen and oxygen atoms in total. The Hall–Kier alpha value is -3.49. The van der Waals surface area contributed by atoms with Gasteiger partial charge in [0.2, 0.25) is 0 Å². The van der Waals surface area contributed by atoms with Crippen LogP contribution in [-0.2, 0) is 16.0 Å². The van der Waals surface area contributed by atoms with Crippen LogP contribution in [0.4, 0.5) is 14.9 Å². The predicted molar refractivity (Wildman–Crippen MR) is 135 cm³/mol. The number of carbonyl (C=O) groups excluding carboxylic acids is 3. The van der Waals surface area contributed by atoms with Crippen molar-refractivity contribution in [3.63, 3.8) is 0 Å². The summed E-state index contributed by atoms with van der Waals surface area (Å²) < 4.78 is 20.6. The summed E-state index contributed by atoms with van der Waals surface area (Å²) in [6.45, 7) is 2.18. The number of hydrogen-bond donors (Lipinski definition) is 1. The van der Waals surface area contributed by atoms with Crippen molar-refractivity contribution in [1.29, 1.82) is 0 Å². The van der Waals surface area contributed by atoms with Crippen LogP contribution in [-0.4, -0.2) is 24.5 Å². The van der Waals surface area contributed by atoms with Crippen molar-refractivity contribution >= 4 is 57.1 Å². The van der Waals surface area contributed by atoms with Crippen LogP contribution in [0, 0.1) is 5.82 Å². The average molecular weight is 558 g/mol. The second kappa shape index (κ2) is 10.4. The molecule has 1 saturated heterocycles. The molecule has 0 unspecified atom stereocenters. The van der Waals surface area contributed by atoms with E-state index in [0.29, 0.717) is 33.0 Å². The van der Waals surface area contributed by atoms with Crippen molar-refractivity contribution in [2.75, 3.05) is 11.5 Å². The summed E-state index contributed by atoms with van der Waals surface area (Å²) in [5.74, 6) is -1.43. The molecule has 1 heterocycles. The Kier molecular flexibility index (Phi) is 7.33. The summed E-state index contributed by atoms with van der Waals surface area (Å²) in [6.07, 6.45) is 1.66. The molecule has 0 radical (unpaired) electrons. The first kappa shape index (κ1) is 24.6. The van der Waals surface area contributed by atoms with E-state index in [-0.39, 0.29) is 23.5 Å². The first-order valence-electron chi connectivity index (χ1n) is 10.6. The van der Waals surface area contributed by atoms with Gasteiger partial charge in [0.05, 0.1) is 12.3 Å². The van der Waals surface area contributed by atoms with Crippen LogP contribution in [0.2, 0.25) is 5.02 Å². The van der Waals surface area contributed by atoms with Gasteiger partial charge in [0.15, 0.2) is 0 Å². The van der Waals surface area contributed by atoms with Gasteiger partial charge in [-0.05, 0) is 66.6 Å². The fourth-order valence-electron chi connectivity index (χ4n) is 3.65. The minimum absolute atomic E-state index is 0.226. The average Bonchev–Trinajstić information content (AvgIpc) is 2.81. The van der Waals surface area contributed by atoms with E-state index in [1.165, 1.54) is 36.4 Å². The Morgan fingerprint density at radius 2 is 1.80 bits per heavy atom. The largest absolute Gasteiger partial charge is 0.494 e. The van der Waals surface area contributed by atoms with Gasteiger partial charge in [-0.1, -0.05) is 45.7 Å². The van der Waals surface area contributed by atoms with Crippen molar-refractivity contribution in [2.45, 2.75) is 13.3 Å². The molecule has 4 amide bonds. The number of urea groups is 1. The standard InChI is InChI=1S/C26H19BrClFN2O4/c1-2-35-23-13-15(12-21(27)19(23)14-16-5-3-4-6-22(16)29)11-20-24(32)30-26(34)31(25(20)33)18-9-7-17(28)8-10-18/h3-13H,2,14H2,1H3,(H,30,32,34)/b20-11+. The van der Waals surface area contributed by atoms with Gasteiger partial charge in [-0.25, -0.2) is 14.1 Å². The van der Waals surface area contributed by atoms with Crippen LogP contribution in [0.5, 0.6) is 5.75 Å². The summed E-state index contributed by atoms with van der Waals surface area (Å²) in [6, 6.07) is 15.1. The molecule has 1 N–H and O–H groups in total. The minimum atomic E-state index is -0.851. The second-order valence-corrected chi connectivity index (χ2v) is 8.91. The van der Waals surface area contributed by atoms with Gasteiger partial charge < -0.3 is 4.74 Å². The van der Waals surface area contributed by atoms with Crippen LogP contribution < -0.4 is 15.0 Å². The van der Waals surface area contributed by atoms with Gasteiger partial charge in [0.1, 0.15) is 17.1 Å². The van der Waals surface area contributed by atoms with Gasteiger partial charge >= 0.3 is 6.03 Å². The molecule has 0 atom stereocenters. The van der Waals surface area contributed by atoms with Crippen LogP contribution in [0.15, 0.2) is 70.7 Å². The molecule has 1 fully saturated rings. The summed E-state index contributed by atoms with van der Waals surface area (Å²) >= 11 is 9.42. The number of nitrogens with one attached hydrogen (secondary N) is 1. The van der Waals surface area contributed by atoms with E-state index in [1.807, 2.05) is 6.92 Å². The lowest BCUT2D eigenvalue weighted by atomic mass is 10.00. The van der Waals surface area contributed by atoms with E-state index in [0.717, 1.165) is 10.5 Å². The third kappa shape index (κ3) is 5.28. The fourth-order valence-corrected chi connectivity index (χ4v) is 4.38. The first-order valence-corrected chi connectivity index (χ1v) is 11.8. The molecule has 35 heavy (non-hydrogen) atoms. The molecule has 9 heteroatoms. The van der Waals surface area contributed by atoms with Gasteiger partial charge in [-0.15, -0.1) is 0 Å². The summed E-state index contributed by atoms with van der Waals surface area (Å²) in [4.78, 5) is 38.9. The summed E-state index contributed by atoms with van der Waals surface area (Å²) in [7, 11) is 0. The quantitative estimate of drug-likeness (QED) is 0.303. The second-order valence-electron chi connectivity index (χ2n) is 7.61. The van der Waals surface area contributed by atoms with E-state index < -0.39 is 17.8 Å². The number of imide groups is 2. The molecule has 1 aliphatic heterocycles. The zero-order chi connectivity index (χ0) is 25.1. The number of benzene rings is 3. The maximum absolute atomic E-state index is 14.2. The molecule has 178 valence electrons. The fraction of sp³-hybridized carbons (Fsp3) is 0.115. The highest BCUT2D eigenvalue weighted by Gasteiger charge is 2.36. The lowest BCUT2D eigenvalue weighted by Gasteiger charge is -2.26. The van der Waals surface area contributed by atoms with Crippen LogP contribution >= 0.6 is 27.5 Å². The lowest BCUT2D eigenvalue weighted by Crippen LogP contribution is -2.54. The molecule has 3 aromatic rings. The first-order chi connectivity index (χ1) is 16.8. The van der Waals surface area contributed by atoms with Gasteiger partial charge in [-0.2, -0.15) is 0 Å². The lowest BCUT2D eigenvalue weighted by molar-refractivity contribution is -0.122. The predicted octanol–water partition coefficient (Wildman–Crippen LogP) is 5.90. The highest BCUT2D eigenvalue weighted by atomic mass is 79.9. The number of barbiturate groups is 1. The van der Waals surface area contributed by atoms with Gasteiger partial charge in [0.25, 0.3) is 11.8 Å². The van der Waals surface area contributed by atoms with Gasteiger partial charge in [0, 0.05) is 21.5 Å². The van der Waals surface area contributed by atoms with Crippen LogP contribution in [0.25, 0.3) is 6.08 Å². The number of halogens is 3. The van der Waals surface area contributed by atoms with Crippen molar-refractivity contribution in [2.24, 2.45) is 0 Å². The number of nitrogens with zero attached hydrogens (tertiary/aromatic N) is 1. The molecule has 0 bridgehead atoms. The molecular weight excluding hydrogens is 539 g/mol. The Bertz CT molecular complexity index is 1360. The Morgan fingerprint density at radius 3 is 2.49 bits per heavy atom. The maximum atomic E-state index is 14.2. The summed E-state index contributed by atoms with van der Waals surface area (Å²) in [5, 5.41) is 2.63. The van der Waals surface area contributed by atoms with E-state index in [9.17, 15) is 18.8 Å². The van der Waals surface area contributed by atoms with Crippen molar-refractivity contribution in [1.82, 2.24) is 5.32 Å². The number of amides is 4. The molecular formula is C26H19BrClFN2O4. The number of ether oxygens (including phenoxy) is 1. The van der Waals surface area contributed by atoms with E-state index >= 15 is 0 Å². The Balaban J connectivity index is 1.72. The highest BCUT2D eigenvalue weighted by Crippen LogP contribution is 2.33. The summed E-state index contributed by atoms with van der Waals surface area (Å²) in [5.41, 5.74) is 1.75. The van der Waals surface area contributed by atoms with Gasteiger partial charge in [-0.3, -0.25) is 14.9 Å². The van der Waals surface area contributed by atoms with E-state index in [4.69, 9.17) is 16.3 Å². The highest BCUT2D eigenvalue weighted by molar-refractivity contribution is 9.10. The monoisotopic (exact) mass is 556 g/mol. The topological polar surface area (TPSA) is 75.7 Å². The SMILES string of the molecule is CCOc1cc(/C=C2\C(=O)NC(=O)N(c3ccc(Cl)cc3)C2=O)cc(Br)c1Cc1ccccc1F. The maximum Gasteiger partial charge on any atom is 0.335 e. The Labute approximate surface area is 214 Å². The van der Waals surface area contributed by atoms with Crippen molar-refractivity contribution < 1.29 is 23.5 Å². The van der Waals surface area contributed by atoms with Crippen LogP contribution in [0.1, 0.15) is 23.6 Å². The molecule has 3 aromatic carbocycles. The molecule has 0 spiro atoms. The third-order valence-electron chi connectivity index (χ3n) is 5.30. The zero-order valence-corrected chi connectivity index (χ0v) is 20.8. The Morgan fingerprint density at radius 1 is 1.09 bits per heavy atom. The smallest absolute Gasteiger partial charge is 0.335 e. The molecule has 0 aromatic heterocycles. The van der Waals surface area contributed by atoms with E-state index in [1.54, 1.807) is 30.3 Å². The normalized spacial score (nSPS) is 14.9.